The molecule has 0 fully saturated rings. The summed E-state index contributed by atoms with van der Waals surface area (Å²) >= 11 is 0. The van der Waals surface area contributed by atoms with Gasteiger partial charge in [0.25, 0.3) is 0 Å². The molecule has 0 aliphatic carbocycles. The highest BCUT2D eigenvalue weighted by Gasteiger charge is 2.02. The lowest BCUT2D eigenvalue weighted by molar-refractivity contribution is -0.137. The molecule has 0 unspecified atom stereocenters. The fourth-order valence-corrected chi connectivity index (χ4v) is 12.0. The number of unbranched alkanes of at least 4 members (excludes halogenated alkanes) is 66. The van der Waals surface area contributed by atoms with Crippen LogP contribution < -0.4 is 0 Å². The number of allylic oxidation sites excluding steroid dienone is 1. The van der Waals surface area contributed by atoms with Crippen LogP contribution in [0.3, 0.4) is 0 Å². The largest absolute Gasteiger partial charge is 0.481 e. The van der Waals surface area contributed by atoms with E-state index in [0.29, 0.717) is 6.42 Å². The molecular formula is C72H140O4. The molecule has 0 aromatic carbocycles. The van der Waals surface area contributed by atoms with Crippen molar-refractivity contribution in [1.29, 1.82) is 0 Å². The standard InChI is InChI=1S/C72H140O4/c73-71(74)69-67-65-63-61-59-57-55-53-51-49-47-45-43-41-39-37-35-33-31-29-27-25-23-21-19-17-15-13-11-9-7-5-3-1-2-4-6-8-10-12-14-16-18-20-22-24-26-28-30-32-34-36-38-40-42-44-46-48-50-52-54-56-58-60-62-64-66-68-70-72(75)76/h67,69H,1-66,68,70H2,(H,73,74)(H,75,76). The summed E-state index contributed by atoms with van der Waals surface area (Å²) in [5, 5.41) is 17.3. The Balaban J connectivity index is 3.09. The van der Waals surface area contributed by atoms with Crippen LogP contribution in [0.2, 0.25) is 0 Å². The number of carboxylic acids is 2. The lowest BCUT2D eigenvalue weighted by atomic mass is 10.0. The van der Waals surface area contributed by atoms with Crippen molar-refractivity contribution in [3.05, 3.63) is 12.2 Å². The maximum absolute atomic E-state index is 10.5. The predicted octanol–water partition coefficient (Wildman–Crippen LogP) is 26.2. The van der Waals surface area contributed by atoms with E-state index in [1.54, 1.807) is 6.08 Å². The zero-order chi connectivity index (χ0) is 54.7. The van der Waals surface area contributed by atoms with Crippen molar-refractivity contribution < 1.29 is 19.8 Å². The summed E-state index contributed by atoms with van der Waals surface area (Å²) in [7, 11) is 0. The van der Waals surface area contributed by atoms with Gasteiger partial charge in [-0.15, -0.1) is 0 Å². The SMILES string of the molecule is O=C(O)C=CCCCCCCCCCCCCCCCCCCCCCCCCCCCCCCCCCCCCCCCCCCCCCCCCCCCCCCCCCCCCCCCCCCCCC(=O)O. The van der Waals surface area contributed by atoms with E-state index in [-0.39, 0.29) is 0 Å². The molecule has 2 N–H and O–H groups in total. The average Bonchev–Trinajstić information content (AvgIpc) is 3.41. The molecule has 0 amide bonds. The topological polar surface area (TPSA) is 74.6 Å². The Morgan fingerprint density at radius 3 is 0.421 bits per heavy atom. The Kier molecular flexibility index (Phi) is 68.6. The summed E-state index contributed by atoms with van der Waals surface area (Å²) in [6.07, 6.45) is 98.5. The maximum Gasteiger partial charge on any atom is 0.327 e. The molecule has 0 atom stereocenters. The molecule has 452 valence electrons. The number of hydrogen-bond acceptors (Lipinski definition) is 2. The Morgan fingerprint density at radius 2 is 0.303 bits per heavy atom. The number of hydrogen-bond donors (Lipinski definition) is 2. The molecule has 0 heterocycles. The molecule has 0 aliphatic heterocycles. The van der Waals surface area contributed by atoms with Crippen LogP contribution in [0.15, 0.2) is 12.2 Å². The van der Waals surface area contributed by atoms with Gasteiger partial charge in [-0.2, -0.15) is 0 Å². The van der Waals surface area contributed by atoms with Crippen LogP contribution in [0.4, 0.5) is 0 Å². The molecule has 4 heteroatoms. The minimum Gasteiger partial charge on any atom is -0.481 e. The summed E-state index contributed by atoms with van der Waals surface area (Å²) in [6, 6.07) is 0. The Hall–Kier alpha value is -1.32. The third-order valence-electron chi connectivity index (χ3n) is 17.3. The quantitative estimate of drug-likeness (QED) is 0.0470. The highest BCUT2D eigenvalue weighted by atomic mass is 16.4. The molecule has 0 bridgehead atoms. The van der Waals surface area contributed by atoms with Crippen molar-refractivity contribution in [2.75, 3.05) is 0 Å². The molecule has 0 saturated carbocycles. The van der Waals surface area contributed by atoms with Crippen molar-refractivity contribution in [2.45, 2.75) is 437 Å². The van der Waals surface area contributed by atoms with E-state index in [1.165, 1.54) is 411 Å². The fraction of sp³-hybridized carbons (Fsp3) is 0.944. The van der Waals surface area contributed by atoms with E-state index < -0.39 is 11.9 Å². The second-order valence-electron chi connectivity index (χ2n) is 25.0. The second kappa shape index (κ2) is 69.8. The Bertz CT molecular complexity index is 1100. The molecule has 76 heavy (non-hydrogen) atoms. The van der Waals surface area contributed by atoms with Gasteiger partial charge in [0.1, 0.15) is 0 Å². The number of aliphatic carboxylic acids is 2. The van der Waals surface area contributed by atoms with E-state index in [0.717, 1.165) is 25.7 Å². The molecule has 0 radical (unpaired) electrons. The lowest BCUT2D eigenvalue weighted by Crippen LogP contribution is -1.93. The molecule has 0 aromatic heterocycles. The third-order valence-corrected chi connectivity index (χ3v) is 17.3. The number of carbonyl (C=O) groups is 2. The van der Waals surface area contributed by atoms with Gasteiger partial charge in [0.15, 0.2) is 0 Å². The molecule has 0 spiro atoms. The van der Waals surface area contributed by atoms with Gasteiger partial charge in [0, 0.05) is 12.5 Å². The van der Waals surface area contributed by atoms with E-state index in [4.69, 9.17) is 10.2 Å². The van der Waals surface area contributed by atoms with Gasteiger partial charge in [-0.1, -0.05) is 417 Å². The van der Waals surface area contributed by atoms with Crippen LogP contribution >= 0.6 is 0 Å². The van der Waals surface area contributed by atoms with Gasteiger partial charge in [-0.05, 0) is 19.3 Å². The van der Waals surface area contributed by atoms with E-state index >= 15 is 0 Å². The Morgan fingerprint density at radius 1 is 0.184 bits per heavy atom. The van der Waals surface area contributed by atoms with E-state index in [1.807, 2.05) is 0 Å². The van der Waals surface area contributed by atoms with Gasteiger partial charge < -0.3 is 10.2 Å². The van der Waals surface area contributed by atoms with Crippen molar-refractivity contribution in [3.63, 3.8) is 0 Å². The Labute approximate surface area is 478 Å². The van der Waals surface area contributed by atoms with Gasteiger partial charge in [-0.3, -0.25) is 4.79 Å². The number of rotatable bonds is 70. The monoisotopic (exact) mass is 1070 g/mol. The normalized spacial score (nSPS) is 11.7. The molecule has 4 nitrogen and oxygen atoms in total. The zero-order valence-electron chi connectivity index (χ0n) is 51.9. The van der Waals surface area contributed by atoms with Crippen molar-refractivity contribution in [2.24, 2.45) is 0 Å². The van der Waals surface area contributed by atoms with Crippen LogP contribution in [0.5, 0.6) is 0 Å². The minimum absolute atomic E-state index is 0.345. The predicted molar refractivity (Wildman–Crippen MR) is 338 cm³/mol. The maximum atomic E-state index is 10.5. The molecule has 0 aromatic rings. The first kappa shape index (κ1) is 74.7. The van der Waals surface area contributed by atoms with Gasteiger partial charge >= 0.3 is 11.9 Å². The molecule has 0 saturated heterocycles. The summed E-state index contributed by atoms with van der Waals surface area (Å²) in [6.45, 7) is 0. The smallest absolute Gasteiger partial charge is 0.327 e. The second-order valence-corrected chi connectivity index (χ2v) is 25.0. The summed E-state index contributed by atoms with van der Waals surface area (Å²) < 4.78 is 0. The first-order valence-corrected chi connectivity index (χ1v) is 35.7. The van der Waals surface area contributed by atoms with Gasteiger partial charge in [0.2, 0.25) is 0 Å². The van der Waals surface area contributed by atoms with Crippen molar-refractivity contribution >= 4 is 11.9 Å². The average molecular weight is 1070 g/mol. The first-order chi connectivity index (χ1) is 37.6. The van der Waals surface area contributed by atoms with Crippen LogP contribution in [0.25, 0.3) is 0 Å². The zero-order valence-corrected chi connectivity index (χ0v) is 51.9. The minimum atomic E-state index is -0.827. The van der Waals surface area contributed by atoms with Crippen LogP contribution in [-0.4, -0.2) is 22.2 Å². The molecular weight excluding hydrogens is 929 g/mol. The molecule has 0 rings (SSSR count). The number of carboxylic acid groups (broad SMARTS) is 2. The van der Waals surface area contributed by atoms with E-state index in [9.17, 15) is 9.59 Å². The van der Waals surface area contributed by atoms with Crippen molar-refractivity contribution in [3.8, 4) is 0 Å². The summed E-state index contributed by atoms with van der Waals surface area (Å²) in [5.41, 5.74) is 0. The van der Waals surface area contributed by atoms with Gasteiger partial charge in [-0.25, -0.2) is 4.79 Å². The van der Waals surface area contributed by atoms with Crippen LogP contribution in [0.1, 0.15) is 437 Å². The summed E-state index contributed by atoms with van der Waals surface area (Å²) in [5.74, 6) is -1.47. The highest BCUT2D eigenvalue weighted by molar-refractivity contribution is 5.79. The van der Waals surface area contributed by atoms with E-state index in [2.05, 4.69) is 0 Å². The highest BCUT2D eigenvalue weighted by Crippen LogP contribution is 2.21. The molecule has 0 aliphatic rings. The first-order valence-electron chi connectivity index (χ1n) is 35.7. The summed E-state index contributed by atoms with van der Waals surface area (Å²) in [4.78, 5) is 21.0. The van der Waals surface area contributed by atoms with Gasteiger partial charge in [0.05, 0.1) is 0 Å². The van der Waals surface area contributed by atoms with Crippen molar-refractivity contribution in [1.82, 2.24) is 0 Å². The third kappa shape index (κ3) is 72.7. The lowest BCUT2D eigenvalue weighted by Gasteiger charge is -2.05. The van der Waals surface area contributed by atoms with Crippen LogP contribution in [0, 0.1) is 0 Å². The van der Waals surface area contributed by atoms with Crippen LogP contribution in [-0.2, 0) is 9.59 Å². The fourth-order valence-electron chi connectivity index (χ4n) is 12.0.